The number of nitrogens with one attached hydrogen (secondary N) is 1. The van der Waals surface area contributed by atoms with Crippen LogP contribution in [0.25, 0.3) is 0 Å². The molecule has 1 saturated heterocycles. The first kappa shape index (κ1) is 18.9. The lowest BCUT2D eigenvalue weighted by Crippen LogP contribution is -2.41. The van der Waals surface area contributed by atoms with Crippen LogP contribution in [0.3, 0.4) is 0 Å². The summed E-state index contributed by atoms with van der Waals surface area (Å²) < 4.78 is 32.7. The van der Waals surface area contributed by atoms with Crippen LogP contribution in [0.5, 0.6) is 0 Å². The van der Waals surface area contributed by atoms with E-state index in [-0.39, 0.29) is 17.3 Å². The zero-order chi connectivity index (χ0) is 18.9. The predicted octanol–water partition coefficient (Wildman–Crippen LogP) is 2.15. The number of nitrogens with zero attached hydrogens (tertiary/aromatic N) is 1. The Bertz CT molecular complexity index is 789. The number of carbonyl (C=O) groups excluding carboxylic acids is 1. The van der Waals surface area contributed by atoms with Crippen molar-refractivity contribution in [2.24, 2.45) is 17.8 Å². The van der Waals surface area contributed by atoms with Crippen molar-refractivity contribution >= 4 is 15.9 Å². The zero-order valence-corrected chi connectivity index (χ0v) is 16.4. The standard InChI is InChI=1S/C20H28N2O4S/c23-20(13-18-12-15-5-6-16(18)11-15)21-14-17-3-1-2-4-19(17)27(24,25)22-7-9-26-10-8-22/h1-4,15-16,18H,5-14H2,(H,21,23). The van der Waals surface area contributed by atoms with Crippen molar-refractivity contribution in [3.8, 4) is 0 Å². The number of sulfonamides is 1. The van der Waals surface area contributed by atoms with Gasteiger partial charge in [0.15, 0.2) is 0 Å². The van der Waals surface area contributed by atoms with E-state index < -0.39 is 10.0 Å². The summed E-state index contributed by atoms with van der Waals surface area (Å²) in [5, 5.41) is 2.95. The third-order valence-electron chi connectivity index (χ3n) is 6.37. The average Bonchev–Trinajstić information content (AvgIpc) is 3.30. The maximum atomic E-state index is 13.0. The van der Waals surface area contributed by atoms with E-state index in [1.54, 1.807) is 18.2 Å². The van der Waals surface area contributed by atoms with Gasteiger partial charge in [-0.2, -0.15) is 4.31 Å². The topological polar surface area (TPSA) is 75.7 Å². The van der Waals surface area contributed by atoms with Crippen LogP contribution in [-0.2, 0) is 26.1 Å². The number of amides is 1. The molecular formula is C20H28N2O4S. The molecule has 3 atom stereocenters. The fraction of sp³-hybridized carbons (Fsp3) is 0.650. The number of hydrogen-bond donors (Lipinski definition) is 1. The molecule has 0 spiro atoms. The van der Waals surface area contributed by atoms with Gasteiger partial charge in [0.2, 0.25) is 15.9 Å². The van der Waals surface area contributed by atoms with Crippen LogP contribution in [0.2, 0.25) is 0 Å². The quantitative estimate of drug-likeness (QED) is 0.805. The molecule has 0 aromatic heterocycles. The molecule has 3 fully saturated rings. The van der Waals surface area contributed by atoms with Gasteiger partial charge in [0.1, 0.15) is 0 Å². The van der Waals surface area contributed by atoms with E-state index in [0.717, 1.165) is 11.8 Å². The van der Waals surface area contributed by atoms with E-state index in [9.17, 15) is 13.2 Å². The van der Waals surface area contributed by atoms with Gasteiger partial charge in [-0.1, -0.05) is 24.6 Å². The molecule has 1 N–H and O–H groups in total. The van der Waals surface area contributed by atoms with Gasteiger partial charge in [-0.25, -0.2) is 8.42 Å². The summed E-state index contributed by atoms with van der Waals surface area (Å²) in [6.07, 6.45) is 5.64. The molecule has 3 unspecified atom stereocenters. The second kappa shape index (κ2) is 7.89. The number of morpholine rings is 1. The Labute approximate surface area is 161 Å². The molecule has 27 heavy (non-hydrogen) atoms. The van der Waals surface area contributed by atoms with Crippen molar-refractivity contribution in [1.82, 2.24) is 9.62 Å². The third kappa shape index (κ3) is 4.05. The van der Waals surface area contributed by atoms with Crippen LogP contribution < -0.4 is 5.32 Å². The summed E-state index contributed by atoms with van der Waals surface area (Å²) >= 11 is 0. The Kier molecular flexibility index (Phi) is 5.53. The Hall–Kier alpha value is -1.44. The first-order valence-electron chi connectivity index (χ1n) is 9.96. The van der Waals surface area contributed by atoms with Crippen molar-refractivity contribution < 1.29 is 17.9 Å². The molecule has 148 valence electrons. The molecule has 1 aromatic rings. The maximum Gasteiger partial charge on any atom is 0.243 e. The molecule has 0 radical (unpaired) electrons. The third-order valence-corrected chi connectivity index (χ3v) is 8.37. The molecular weight excluding hydrogens is 364 g/mol. The van der Waals surface area contributed by atoms with E-state index in [2.05, 4.69) is 5.32 Å². The van der Waals surface area contributed by atoms with Crippen molar-refractivity contribution in [2.75, 3.05) is 26.3 Å². The fourth-order valence-electron chi connectivity index (χ4n) is 4.96. The molecule has 3 aliphatic rings. The van der Waals surface area contributed by atoms with E-state index >= 15 is 0 Å². The summed E-state index contributed by atoms with van der Waals surface area (Å²) in [7, 11) is -3.57. The highest BCUT2D eigenvalue weighted by atomic mass is 32.2. The minimum atomic E-state index is -3.57. The number of rotatable bonds is 6. The summed E-state index contributed by atoms with van der Waals surface area (Å²) in [5.74, 6) is 2.09. The van der Waals surface area contributed by atoms with Crippen LogP contribution >= 0.6 is 0 Å². The van der Waals surface area contributed by atoms with Gasteiger partial charge in [0.25, 0.3) is 0 Å². The lowest BCUT2D eigenvalue weighted by Gasteiger charge is -2.27. The van der Waals surface area contributed by atoms with Crippen molar-refractivity contribution in [3.63, 3.8) is 0 Å². The normalized spacial score (nSPS) is 28.4. The monoisotopic (exact) mass is 392 g/mol. The van der Waals surface area contributed by atoms with E-state index in [0.29, 0.717) is 44.2 Å². The van der Waals surface area contributed by atoms with Gasteiger partial charge in [-0.15, -0.1) is 0 Å². The van der Waals surface area contributed by atoms with Gasteiger partial charge in [0, 0.05) is 26.1 Å². The van der Waals surface area contributed by atoms with E-state index in [4.69, 9.17) is 4.74 Å². The molecule has 2 bridgehead atoms. The van der Waals surface area contributed by atoms with Gasteiger partial charge >= 0.3 is 0 Å². The Morgan fingerprint density at radius 2 is 1.93 bits per heavy atom. The van der Waals surface area contributed by atoms with Crippen molar-refractivity contribution in [2.45, 2.75) is 43.5 Å². The highest BCUT2D eigenvalue weighted by molar-refractivity contribution is 7.89. The smallest absolute Gasteiger partial charge is 0.243 e. The zero-order valence-electron chi connectivity index (χ0n) is 15.6. The van der Waals surface area contributed by atoms with Crippen LogP contribution in [0.1, 0.15) is 37.7 Å². The van der Waals surface area contributed by atoms with Crippen molar-refractivity contribution in [3.05, 3.63) is 29.8 Å². The second-order valence-corrected chi connectivity index (χ2v) is 9.95. The molecule has 4 rings (SSSR count). The molecule has 6 nitrogen and oxygen atoms in total. The second-order valence-electron chi connectivity index (χ2n) is 8.04. The highest BCUT2D eigenvalue weighted by Crippen LogP contribution is 2.49. The molecule has 1 aromatic carbocycles. The molecule has 1 aliphatic heterocycles. The number of ether oxygens (including phenoxy) is 1. The number of hydrogen-bond acceptors (Lipinski definition) is 4. The van der Waals surface area contributed by atoms with Crippen LogP contribution in [-0.4, -0.2) is 44.9 Å². The minimum absolute atomic E-state index is 0.0334. The minimum Gasteiger partial charge on any atom is -0.379 e. The van der Waals surface area contributed by atoms with Crippen molar-refractivity contribution in [1.29, 1.82) is 0 Å². The Morgan fingerprint density at radius 1 is 1.15 bits per heavy atom. The van der Waals surface area contributed by atoms with Gasteiger partial charge in [-0.3, -0.25) is 4.79 Å². The Morgan fingerprint density at radius 3 is 2.63 bits per heavy atom. The average molecular weight is 393 g/mol. The molecule has 1 amide bonds. The number of carbonyl (C=O) groups is 1. The highest BCUT2D eigenvalue weighted by Gasteiger charge is 2.40. The van der Waals surface area contributed by atoms with Crippen LogP contribution in [0.15, 0.2) is 29.2 Å². The predicted molar refractivity (Wildman–Crippen MR) is 101 cm³/mol. The van der Waals surface area contributed by atoms with Crippen LogP contribution in [0.4, 0.5) is 0 Å². The maximum absolute atomic E-state index is 13.0. The van der Waals surface area contributed by atoms with Crippen LogP contribution in [0, 0.1) is 17.8 Å². The molecule has 2 aliphatic carbocycles. The summed E-state index contributed by atoms with van der Waals surface area (Å²) in [4.78, 5) is 12.7. The van der Waals surface area contributed by atoms with E-state index in [1.807, 2.05) is 6.07 Å². The summed E-state index contributed by atoms with van der Waals surface area (Å²) in [5.41, 5.74) is 0.644. The first-order chi connectivity index (χ1) is 13.0. The molecule has 7 heteroatoms. The number of benzene rings is 1. The number of fused-ring (bicyclic) bond motifs is 2. The Balaban J connectivity index is 1.40. The molecule has 1 heterocycles. The van der Waals surface area contributed by atoms with Gasteiger partial charge in [-0.05, 0) is 48.6 Å². The lowest BCUT2D eigenvalue weighted by atomic mass is 9.86. The summed E-state index contributed by atoms with van der Waals surface area (Å²) in [6.45, 7) is 1.82. The van der Waals surface area contributed by atoms with Gasteiger partial charge in [0.05, 0.1) is 18.1 Å². The largest absolute Gasteiger partial charge is 0.379 e. The fourth-order valence-corrected chi connectivity index (χ4v) is 6.59. The first-order valence-corrected chi connectivity index (χ1v) is 11.4. The van der Waals surface area contributed by atoms with E-state index in [1.165, 1.54) is 30.0 Å². The SMILES string of the molecule is O=C(CC1CC2CCC1C2)NCc1ccccc1S(=O)(=O)N1CCOCC1. The lowest BCUT2D eigenvalue weighted by molar-refractivity contribution is -0.122. The molecule has 2 saturated carbocycles. The van der Waals surface area contributed by atoms with Gasteiger partial charge < -0.3 is 10.1 Å². The summed E-state index contributed by atoms with van der Waals surface area (Å²) in [6, 6.07) is 6.96.